The van der Waals surface area contributed by atoms with Gasteiger partial charge in [-0.05, 0) is 63.1 Å². The summed E-state index contributed by atoms with van der Waals surface area (Å²) in [6.07, 6.45) is 0. The highest BCUT2D eigenvalue weighted by Crippen LogP contribution is 2.29. The van der Waals surface area contributed by atoms with Crippen LogP contribution in [-0.2, 0) is 21.9 Å². The number of aromatic nitrogens is 2. The number of rotatable bonds is 7. The van der Waals surface area contributed by atoms with Crippen LogP contribution in [0.3, 0.4) is 0 Å². The molecule has 1 amide bonds. The van der Waals surface area contributed by atoms with Crippen molar-refractivity contribution in [1.82, 2.24) is 9.78 Å². The molecule has 0 fully saturated rings. The average Bonchev–Trinajstić information content (AvgIpc) is 2.97. The fraction of sp³-hybridized carbons (Fsp3) is 0.304. The smallest absolute Gasteiger partial charge is 0.268 e. The number of anilines is 2. The lowest BCUT2D eigenvalue weighted by Crippen LogP contribution is -2.38. The van der Waals surface area contributed by atoms with E-state index >= 15 is 0 Å². The van der Waals surface area contributed by atoms with E-state index in [0.717, 1.165) is 15.4 Å². The van der Waals surface area contributed by atoms with Crippen LogP contribution in [0.5, 0.6) is 5.75 Å². The first-order valence-electron chi connectivity index (χ1n) is 10.1. The zero-order valence-electron chi connectivity index (χ0n) is 19.1. The Kier molecular flexibility index (Phi) is 6.59. The Morgan fingerprint density at radius 3 is 2.31 bits per heavy atom. The summed E-state index contributed by atoms with van der Waals surface area (Å²) < 4.78 is 35.4. The van der Waals surface area contributed by atoms with Gasteiger partial charge in [0, 0.05) is 18.8 Å². The summed E-state index contributed by atoms with van der Waals surface area (Å²) in [5.41, 5.74) is 3.62. The predicted molar refractivity (Wildman–Crippen MR) is 125 cm³/mol. The number of nitrogens with one attached hydrogen (secondary N) is 1. The van der Waals surface area contributed by atoms with E-state index in [4.69, 9.17) is 4.74 Å². The van der Waals surface area contributed by atoms with Gasteiger partial charge in [-0.25, -0.2) is 8.42 Å². The molecule has 0 saturated heterocycles. The van der Waals surface area contributed by atoms with Gasteiger partial charge in [0.25, 0.3) is 10.0 Å². The summed E-state index contributed by atoms with van der Waals surface area (Å²) in [5, 5.41) is 7.01. The molecule has 0 bridgehead atoms. The lowest BCUT2D eigenvalue weighted by molar-refractivity contribution is -0.114. The number of hydrogen-bond donors (Lipinski definition) is 1. The molecule has 0 unspecified atom stereocenters. The highest BCUT2D eigenvalue weighted by Gasteiger charge is 2.32. The van der Waals surface area contributed by atoms with Gasteiger partial charge in [-0.15, -0.1) is 0 Å². The summed E-state index contributed by atoms with van der Waals surface area (Å²) in [7, 11) is -0.836. The second-order valence-corrected chi connectivity index (χ2v) is 9.56. The van der Waals surface area contributed by atoms with E-state index in [1.165, 1.54) is 11.8 Å². The van der Waals surface area contributed by atoms with Gasteiger partial charge in [0.05, 0.1) is 24.2 Å². The number of sulfonamides is 1. The van der Waals surface area contributed by atoms with Gasteiger partial charge < -0.3 is 10.1 Å². The number of benzene rings is 2. The molecule has 0 aliphatic rings. The first kappa shape index (κ1) is 23.3. The number of aryl methyl sites for hydroxylation is 4. The largest absolute Gasteiger partial charge is 0.497 e. The standard InChI is InChI=1S/C23H28N4O4S/c1-15-10-16(2)12-20(11-15)27(32(29,30)23-17(3)25-26(5)18(23)4)14-22(28)24-19-8-7-9-21(13-19)31-6/h7-13H,14H2,1-6H3,(H,24,28). The number of carbonyl (C=O) groups is 1. The first-order valence-corrected chi connectivity index (χ1v) is 11.5. The molecule has 1 heterocycles. The van der Waals surface area contributed by atoms with E-state index in [9.17, 15) is 13.2 Å². The van der Waals surface area contributed by atoms with E-state index < -0.39 is 22.5 Å². The second-order valence-electron chi connectivity index (χ2n) is 7.76. The average molecular weight is 457 g/mol. The Labute approximate surface area is 188 Å². The molecular weight excluding hydrogens is 428 g/mol. The number of ether oxygens (including phenoxy) is 1. The van der Waals surface area contributed by atoms with Crippen LogP contribution in [0.4, 0.5) is 11.4 Å². The Morgan fingerprint density at radius 1 is 1.09 bits per heavy atom. The molecule has 3 rings (SSSR count). The van der Waals surface area contributed by atoms with Crippen LogP contribution in [0.15, 0.2) is 47.4 Å². The topological polar surface area (TPSA) is 93.5 Å². The zero-order chi connectivity index (χ0) is 23.6. The van der Waals surface area contributed by atoms with Crippen molar-refractivity contribution in [3.8, 4) is 5.75 Å². The maximum absolute atomic E-state index is 13.8. The molecule has 0 radical (unpaired) electrons. The van der Waals surface area contributed by atoms with Crippen LogP contribution >= 0.6 is 0 Å². The van der Waals surface area contributed by atoms with Crippen LogP contribution in [-0.4, -0.2) is 37.8 Å². The Balaban J connectivity index is 2.04. The van der Waals surface area contributed by atoms with Crippen molar-refractivity contribution < 1.29 is 17.9 Å². The molecule has 0 atom stereocenters. The van der Waals surface area contributed by atoms with Crippen LogP contribution in [0, 0.1) is 27.7 Å². The van der Waals surface area contributed by atoms with Crippen LogP contribution in [0.25, 0.3) is 0 Å². The fourth-order valence-corrected chi connectivity index (χ4v) is 5.49. The molecule has 1 aromatic heterocycles. The van der Waals surface area contributed by atoms with Crippen molar-refractivity contribution >= 4 is 27.3 Å². The zero-order valence-corrected chi connectivity index (χ0v) is 19.9. The molecule has 9 heteroatoms. The minimum Gasteiger partial charge on any atom is -0.497 e. The van der Waals surface area contributed by atoms with Gasteiger partial charge in [0.15, 0.2) is 0 Å². The van der Waals surface area contributed by atoms with Gasteiger partial charge in [-0.3, -0.25) is 13.8 Å². The van der Waals surface area contributed by atoms with E-state index in [-0.39, 0.29) is 4.90 Å². The van der Waals surface area contributed by atoms with Gasteiger partial charge in [-0.1, -0.05) is 12.1 Å². The van der Waals surface area contributed by atoms with Crippen molar-refractivity contribution in [3.05, 3.63) is 65.0 Å². The number of carbonyl (C=O) groups excluding carboxylic acids is 1. The number of amides is 1. The normalized spacial score (nSPS) is 11.3. The van der Waals surface area contributed by atoms with Crippen molar-refractivity contribution in [2.75, 3.05) is 23.3 Å². The Morgan fingerprint density at radius 2 is 1.75 bits per heavy atom. The maximum atomic E-state index is 13.8. The van der Waals surface area contributed by atoms with Gasteiger partial charge in [-0.2, -0.15) is 5.10 Å². The molecular formula is C23H28N4O4S. The summed E-state index contributed by atoms with van der Waals surface area (Å²) in [6, 6.07) is 12.3. The number of methoxy groups -OCH3 is 1. The summed E-state index contributed by atoms with van der Waals surface area (Å²) in [6.45, 7) is 6.73. The minimum atomic E-state index is -4.06. The molecule has 0 aliphatic heterocycles. The van der Waals surface area contributed by atoms with Gasteiger partial charge in [0.1, 0.15) is 17.2 Å². The monoisotopic (exact) mass is 456 g/mol. The van der Waals surface area contributed by atoms with Crippen molar-refractivity contribution in [2.24, 2.45) is 7.05 Å². The van der Waals surface area contributed by atoms with E-state index in [1.807, 2.05) is 19.9 Å². The van der Waals surface area contributed by atoms with Gasteiger partial charge >= 0.3 is 0 Å². The van der Waals surface area contributed by atoms with E-state index in [1.54, 1.807) is 57.3 Å². The van der Waals surface area contributed by atoms with Crippen molar-refractivity contribution in [1.29, 1.82) is 0 Å². The molecule has 3 aromatic rings. The van der Waals surface area contributed by atoms with Crippen LogP contribution in [0.2, 0.25) is 0 Å². The summed E-state index contributed by atoms with van der Waals surface area (Å²) >= 11 is 0. The highest BCUT2D eigenvalue weighted by atomic mass is 32.2. The minimum absolute atomic E-state index is 0.105. The predicted octanol–water partition coefficient (Wildman–Crippen LogP) is 3.50. The van der Waals surface area contributed by atoms with Crippen LogP contribution < -0.4 is 14.4 Å². The SMILES string of the molecule is COc1cccc(NC(=O)CN(c2cc(C)cc(C)c2)S(=O)(=O)c2c(C)nn(C)c2C)c1. The fourth-order valence-electron chi connectivity index (χ4n) is 3.68. The Bertz CT molecular complexity index is 1240. The lowest BCUT2D eigenvalue weighted by Gasteiger charge is -2.25. The van der Waals surface area contributed by atoms with Crippen molar-refractivity contribution in [2.45, 2.75) is 32.6 Å². The lowest BCUT2D eigenvalue weighted by atomic mass is 10.1. The number of nitrogens with zero attached hydrogens (tertiary/aromatic N) is 3. The molecule has 0 saturated carbocycles. The third kappa shape index (κ3) is 4.77. The summed E-state index contributed by atoms with van der Waals surface area (Å²) in [5.74, 6) is 0.114. The molecule has 170 valence electrons. The first-order chi connectivity index (χ1) is 15.0. The highest BCUT2D eigenvalue weighted by molar-refractivity contribution is 7.93. The Hall–Kier alpha value is -3.33. The van der Waals surface area contributed by atoms with Gasteiger partial charge in [0.2, 0.25) is 5.91 Å². The van der Waals surface area contributed by atoms with E-state index in [2.05, 4.69) is 10.4 Å². The summed E-state index contributed by atoms with van der Waals surface area (Å²) in [4.78, 5) is 13.0. The van der Waals surface area contributed by atoms with E-state index in [0.29, 0.717) is 28.5 Å². The molecule has 0 aliphatic carbocycles. The second kappa shape index (κ2) is 9.04. The third-order valence-electron chi connectivity index (χ3n) is 5.13. The number of hydrogen-bond acceptors (Lipinski definition) is 5. The molecule has 32 heavy (non-hydrogen) atoms. The van der Waals surface area contributed by atoms with Crippen LogP contribution in [0.1, 0.15) is 22.5 Å². The quantitative estimate of drug-likeness (QED) is 0.587. The molecule has 0 spiro atoms. The molecule has 1 N–H and O–H groups in total. The maximum Gasteiger partial charge on any atom is 0.268 e. The molecule has 8 nitrogen and oxygen atoms in total. The molecule has 2 aromatic carbocycles. The van der Waals surface area contributed by atoms with Crippen molar-refractivity contribution in [3.63, 3.8) is 0 Å². The third-order valence-corrected chi connectivity index (χ3v) is 7.15.